The molecule has 4 amide bonds. The van der Waals surface area contributed by atoms with Crippen LogP contribution in [0.5, 0.6) is 0 Å². The van der Waals surface area contributed by atoms with Crippen LogP contribution < -0.4 is 27.4 Å². The van der Waals surface area contributed by atoms with E-state index in [1.807, 2.05) is 0 Å². The molecule has 0 fully saturated rings. The van der Waals surface area contributed by atoms with E-state index in [4.69, 9.17) is 16.6 Å². The number of rotatable bonds is 11. The van der Waals surface area contributed by atoms with Crippen LogP contribution in [0.3, 0.4) is 0 Å². The van der Waals surface area contributed by atoms with E-state index < -0.39 is 60.7 Å². The molecule has 0 heterocycles. The zero-order valence-electron chi connectivity index (χ0n) is 14.5. The Balaban J connectivity index is 4.59. The molecule has 0 saturated heterocycles. The summed E-state index contributed by atoms with van der Waals surface area (Å²) in [5.41, 5.74) is 10.6. The summed E-state index contributed by atoms with van der Waals surface area (Å²) >= 11 is 3.97. The fraction of sp³-hybridized carbons (Fsp3) is 0.643. The molecule has 3 atom stereocenters. The lowest BCUT2D eigenvalue weighted by Gasteiger charge is -2.21. The molecule has 26 heavy (non-hydrogen) atoms. The second-order valence-electron chi connectivity index (χ2n) is 5.86. The van der Waals surface area contributed by atoms with E-state index in [2.05, 4.69) is 28.6 Å². The number of thiol groups is 1. The van der Waals surface area contributed by atoms with E-state index in [0.29, 0.717) is 0 Å². The van der Waals surface area contributed by atoms with Crippen LogP contribution in [0.2, 0.25) is 0 Å². The minimum absolute atomic E-state index is 0.0383. The van der Waals surface area contributed by atoms with E-state index in [1.54, 1.807) is 13.8 Å². The monoisotopic (exact) mass is 391 g/mol. The average molecular weight is 391 g/mol. The summed E-state index contributed by atoms with van der Waals surface area (Å²) in [7, 11) is 0. The Morgan fingerprint density at radius 3 is 2.04 bits per heavy atom. The molecule has 148 valence electrons. The second kappa shape index (κ2) is 11.3. The van der Waals surface area contributed by atoms with Crippen molar-refractivity contribution in [3.8, 4) is 0 Å². The lowest BCUT2D eigenvalue weighted by molar-refractivity contribution is -0.143. The number of carbonyl (C=O) groups excluding carboxylic acids is 4. The molecular formula is C14H25N5O6S. The molecule has 0 aliphatic rings. The van der Waals surface area contributed by atoms with Crippen LogP contribution in [0.15, 0.2) is 0 Å². The predicted octanol–water partition coefficient (Wildman–Crippen LogP) is -3.05. The van der Waals surface area contributed by atoms with Crippen LogP contribution in [0.1, 0.15) is 20.3 Å². The van der Waals surface area contributed by atoms with Crippen LogP contribution in [0.4, 0.5) is 0 Å². The van der Waals surface area contributed by atoms with Crippen molar-refractivity contribution in [1.82, 2.24) is 16.0 Å². The van der Waals surface area contributed by atoms with Gasteiger partial charge in [0.15, 0.2) is 0 Å². The maximum absolute atomic E-state index is 12.0. The zero-order chi connectivity index (χ0) is 20.4. The normalized spacial score (nSPS) is 14.0. The van der Waals surface area contributed by atoms with Crippen molar-refractivity contribution in [2.24, 2.45) is 17.4 Å². The van der Waals surface area contributed by atoms with E-state index in [9.17, 15) is 24.0 Å². The molecule has 11 nitrogen and oxygen atoms in total. The van der Waals surface area contributed by atoms with Gasteiger partial charge in [-0.1, -0.05) is 13.8 Å². The topological polar surface area (TPSA) is 194 Å². The highest BCUT2D eigenvalue weighted by Gasteiger charge is 2.25. The molecule has 0 radical (unpaired) electrons. The third-order valence-corrected chi connectivity index (χ3v) is 3.66. The van der Waals surface area contributed by atoms with Crippen molar-refractivity contribution >= 4 is 42.2 Å². The Morgan fingerprint density at radius 1 is 1.04 bits per heavy atom. The molecule has 0 spiro atoms. The SMILES string of the molecule is CC(C)C(N)C(=O)NC(CS)C(=O)NCC(=O)NC(CC(N)=O)C(=O)O. The maximum atomic E-state index is 12.0. The summed E-state index contributed by atoms with van der Waals surface area (Å²) in [4.78, 5) is 57.3. The molecule has 0 aromatic heterocycles. The average Bonchev–Trinajstić information content (AvgIpc) is 2.55. The molecule has 0 saturated carbocycles. The van der Waals surface area contributed by atoms with Crippen molar-refractivity contribution < 1.29 is 29.1 Å². The van der Waals surface area contributed by atoms with Gasteiger partial charge in [0.2, 0.25) is 23.6 Å². The lowest BCUT2D eigenvalue weighted by Crippen LogP contribution is -2.55. The smallest absolute Gasteiger partial charge is 0.326 e. The number of amides is 4. The van der Waals surface area contributed by atoms with Gasteiger partial charge in [-0.3, -0.25) is 19.2 Å². The van der Waals surface area contributed by atoms with Gasteiger partial charge in [-0.15, -0.1) is 0 Å². The Morgan fingerprint density at radius 2 is 1.62 bits per heavy atom. The van der Waals surface area contributed by atoms with Crippen molar-refractivity contribution in [3.05, 3.63) is 0 Å². The number of nitrogens with two attached hydrogens (primary N) is 2. The number of carboxylic acid groups (broad SMARTS) is 1. The Labute approximate surface area is 156 Å². The highest BCUT2D eigenvalue weighted by Crippen LogP contribution is 1.99. The highest BCUT2D eigenvalue weighted by atomic mass is 32.1. The summed E-state index contributed by atoms with van der Waals surface area (Å²) < 4.78 is 0. The number of primary amides is 1. The Hall–Kier alpha value is -2.34. The minimum atomic E-state index is -1.50. The standard InChI is InChI=1S/C14H25N5O6S/c1-6(2)11(16)13(23)19-8(5-26)12(22)17-4-10(21)18-7(14(24)25)3-9(15)20/h6-8,11,26H,3-5,16H2,1-2H3,(H2,15,20)(H,17,22)(H,18,21)(H,19,23)(H,24,25). The van der Waals surface area contributed by atoms with Gasteiger partial charge < -0.3 is 32.5 Å². The predicted molar refractivity (Wildman–Crippen MR) is 95.0 cm³/mol. The summed E-state index contributed by atoms with van der Waals surface area (Å²) in [6, 6.07) is -3.33. The van der Waals surface area contributed by atoms with E-state index >= 15 is 0 Å². The molecule has 3 unspecified atom stereocenters. The maximum Gasteiger partial charge on any atom is 0.326 e. The minimum Gasteiger partial charge on any atom is -0.480 e. The summed E-state index contributed by atoms with van der Waals surface area (Å²) in [5.74, 6) is -4.58. The van der Waals surface area contributed by atoms with E-state index in [0.717, 1.165) is 0 Å². The highest BCUT2D eigenvalue weighted by molar-refractivity contribution is 7.80. The Kier molecular flexibility index (Phi) is 10.3. The number of aliphatic carboxylic acids is 1. The van der Waals surface area contributed by atoms with Gasteiger partial charge in [-0.05, 0) is 5.92 Å². The first-order valence-electron chi connectivity index (χ1n) is 7.74. The van der Waals surface area contributed by atoms with E-state index in [1.165, 1.54) is 0 Å². The van der Waals surface area contributed by atoms with Crippen LogP contribution in [0.25, 0.3) is 0 Å². The number of carbonyl (C=O) groups is 5. The van der Waals surface area contributed by atoms with Gasteiger partial charge in [0.1, 0.15) is 12.1 Å². The Bertz CT molecular complexity index is 556. The third kappa shape index (κ3) is 8.67. The number of carboxylic acids is 1. The zero-order valence-corrected chi connectivity index (χ0v) is 15.4. The van der Waals surface area contributed by atoms with Gasteiger partial charge in [0.05, 0.1) is 19.0 Å². The molecule has 0 aliphatic carbocycles. The number of hydrogen-bond acceptors (Lipinski definition) is 7. The van der Waals surface area contributed by atoms with Gasteiger partial charge in [-0.25, -0.2) is 4.79 Å². The first-order valence-corrected chi connectivity index (χ1v) is 8.37. The molecule has 0 bridgehead atoms. The van der Waals surface area contributed by atoms with Crippen molar-refractivity contribution in [2.75, 3.05) is 12.3 Å². The lowest BCUT2D eigenvalue weighted by atomic mass is 10.0. The van der Waals surface area contributed by atoms with Crippen molar-refractivity contribution in [3.63, 3.8) is 0 Å². The molecular weight excluding hydrogens is 366 g/mol. The second-order valence-corrected chi connectivity index (χ2v) is 6.23. The van der Waals surface area contributed by atoms with Gasteiger partial charge in [0, 0.05) is 5.75 Å². The van der Waals surface area contributed by atoms with Crippen LogP contribution in [-0.2, 0) is 24.0 Å². The summed E-state index contributed by atoms with van der Waals surface area (Å²) in [6.07, 6.45) is -0.586. The molecule has 0 aliphatic heterocycles. The van der Waals surface area contributed by atoms with Gasteiger partial charge >= 0.3 is 5.97 Å². The first kappa shape index (κ1) is 23.7. The first-order chi connectivity index (χ1) is 12.0. The van der Waals surface area contributed by atoms with Gasteiger partial charge in [-0.2, -0.15) is 12.6 Å². The third-order valence-electron chi connectivity index (χ3n) is 3.30. The molecule has 0 aromatic carbocycles. The number of nitrogens with one attached hydrogen (secondary N) is 3. The van der Waals surface area contributed by atoms with Crippen LogP contribution >= 0.6 is 12.6 Å². The quantitative estimate of drug-likeness (QED) is 0.182. The van der Waals surface area contributed by atoms with E-state index in [-0.39, 0.29) is 11.7 Å². The summed E-state index contributed by atoms with van der Waals surface area (Å²) in [6.45, 7) is 2.93. The molecule has 12 heteroatoms. The molecule has 0 rings (SSSR count). The molecule has 0 aromatic rings. The van der Waals surface area contributed by atoms with Crippen LogP contribution in [0, 0.1) is 5.92 Å². The van der Waals surface area contributed by atoms with Gasteiger partial charge in [0.25, 0.3) is 0 Å². The molecule has 8 N–H and O–H groups in total. The fourth-order valence-electron chi connectivity index (χ4n) is 1.70. The van der Waals surface area contributed by atoms with Crippen molar-refractivity contribution in [1.29, 1.82) is 0 Å². The summed E-state index contributed by atoms with van der Waals surface area (Å²) in [5, 5.41) is 15.6. The largest absolute Gasteiger partial charge is 0.480 e. The number of hydrogen-bond donors (Lipinski definition) is 7. The van der Waals surface area contributed by atoms with Crippen LogP contribution in [-0.4, -0.2) is 65.1 Å². The fourth-order valence-corrected chi connectivity index (χ4v) is 1.96. The van der Waals surface area contributed by atoms with Crippen molar-refractivity contribution in [2.45, 2.75) is 38.4 Å².